The number of methoxy groups -OCH3 is 1. The van der Waals surface area contributed by atoms with Crippen molar-refractivity contribution in [3.63, 3.8) is 0 Å². The van der Waals surface area contributed by atoms with Gasteiger partial charge in [-0.1, -0.05) is 25.5 Å². The van der Waals surface area contributed by atoms with Crippen LogP contribution in [0.3, 0.4) is 0 Å². The van der Waals surface area contributed by atoms with E-state index in [0.717, 1.165) is 31.5 Å². The number of hydrogen-bond acceptors (Lipinski definition) is 3. The van der Waals surface area contributed by atoms with Crippen molar-refractivity contribution in [2.45, 2.75) is 45.3 Å². The van der Waals surface area contributed by atoms with Gasteiger partial charge in [0.15, 0.2) is 11.6 Å². The van der Waals surface area contributed by atoms with E-state index in [-0.39, 0.29) is 5.82 Å². The van der Waals surface area contributed by atoms with Gasteiger partial charge in [0.1, 0.15) is 0 Å². The van der Waals surface area contributed by atoms with Crippen molar-refractivity contribution in [2.24, 2.45) is 0 Å². The van der Waals surface area contributed by atoms with Crippen LogP contribution in [0.4, 0.5) is 4.39 Å². The third-order valence-corrected chi connectivity index (χ3v) is 3.99. The van der Waals surface area contributed by atoms with Crippen molar-refractivity contribution in [1.29, 1.82) is 0 Å². The summed E-state index contributed by atoms with van der Waals surface area (Å²) in [7, 11) is 1.51. The van der Waals surface area contributed by atoms with Gasteiger partial charge in [-0.2, -0.15) is 0 Å². The Morgan fingerprint density at radius 2 is 2.25 bits per heavy atom. The Bertz CT molecular complexity index is 438. The summed E-state index contributed by atoms with van der Waals surface area (Å²) in [5.41, 5.74) is 0.722. The van der Waals surface area contributed by atoms with Crippen molar-refractivity contribution in [3.8, 4) is 5.75 Å². The number of hydrogen-bond donors (Lipinski definition) is 1. The fourth-order valence-electron chi connectivity index (χ4n) is 2.90. The van der Waals surface area contributed by atoms with Crippen LogP contribution in [0.25, 0.3) is 0 Å². The minimum Gasteiger partial charge on any atom is -0.494 e. The molecule has 1 aromatic rings. The van der Waals surface area contributed by atoms with Crippen molar-refractivity contribution in [3.05, 3.63) is 29.6 Å². The molecule has 1 saturated heterocycles. The molecule has 2 rings (SSSR count). The zero-order chi connectivity index (χ0) is 14.5. The molecule has 2 unspecified atom stereocenters. The Labute approximate surface area is 121 Å². The maximum Gasteiger partial charge on any atom is 0.169 e. The van der Waals surface area contributed by atoms with Crippen LogP contribution in [0.2, 0.25) is 0 Å². The molecular formula is C16H25FN2O. The molecule has 2 atom stereocenters. The maximum atomic E-state index is 14.3. The van der Waals surface area contributed by atoms with E-state index in [0.29, 0.717) is 24.4 Å². The van der Waals surface area contributed by atoms with E-state index in [4.69, 9.17) is 4.74 Å². The summed E-state index contributed by atoms with van der Waals surface area (Å²) in [6.45, 7) is 6.97. The molecule has 1 aliphatic heterocycles. The molecule has 0 radical (unpaired) electrons. The van der Waals surface area contributed by atoms with Crippen LogP contribution in [0, 0.1) is 5.82 Å². The van der Waals surface area contributed by atoms with Crippen LogP contribution in [0.5, 0.6) is 5.75 Å². The number of nitrogens with zero attached hydrogens (tertiary/aromatic N) is 1. The van der Waals surface area contributed by atoms with Gasteiger partial charge in [-0.15, -0.1) is 0 Å². The molecule has 1 heterocycles. The average Bonchev–Trinajstić information content (AvgIpc) is 2.44. The molecule has 112 valence electrons. The molecule has 0 aliphatic carbocycles. The first-order chi connectivity index (χ1) is 9.65. The van der Waals surface area contributed by atoms with Gasteiger partial charge in [-0.05, 0) is 19.4 Å². The molecular weight excluding hydrogens is 255 g/mol. The van der Waals surface area contributed by atoms with Crippen LogP contribution >= 0.6 is 0 Å². The third-order valence-electron chi connectivity index (χ3n) is 3.99. The zero-order valence-corrected chi connectivity index (χ0v) is 12.7. The standard InChI is InChI=1S/C16H25FN2O/c1-4-6-14-9-18-12(2)10-19(14)11-13-7-5-8-15(20-3)16(13)17/h5,7-8,12,14,18H,4,6,9-11H2,1-3H3. The van der Waals surface area contributed by atoms with E-state index in [9.17, 15) is 4.39 Å². The summed E-state index contributed by atoms with van der Waals surface area (Å²) in [6, 6.07) is 6.33. The molecule has 3 nitrogen and oxygen atoms in total. The van der Waals surface area contributed by atoms with Crippen molar-refractivity contribution in [2.75, 3.05) is 20.2 Å². The summed E-state index contributed by atoms with van der Waals surface area (Å²) >= 11 is 0. The second kappa shape index (κ2) is 7.04. The fourth-order valence-corrected chi connectivity index (χ4v) is 2.90. The molecule has 1 fully saturated rings. The molecule has 1 aliphatic rings. The van der Waals surface area contributed by atoms with Gasteiger partial charge in [-0.25, -0.2) is 4.39 Å². The first-order valence-electron chi connectivity index (χ1n) is 7.44. The average molecular weight is 280 g/mol. The third kappa shape index (κ3) is 3.49. The minimum atomic E-state index is -0.226. The lowest BCUT2D eigenvalue weighted by Gasteiger charge is -2.39. The molecule has 0 bridgehead atoms. The Kier molecular flexibility index (Phi) is 5.38. The van der Waals surface area contributed by atoms with Crippen LogP contribution in [-0.2, 0) is 6.54 Å². The smallest absolute Gasteiger partial charge is 0.169 e. The van der Waals surface area contributed by atoms with Gasteiger partial charge in [0.05, 0.1) is 7.11 Å². The molecule has 0 amide bonds. The monoisotopic (exact) mass is 280 g/mol. The number of benzene rings is 1. The Balaban J connectivity index is 2.13. The summed E-state index contributed by atoms with van der Waals surface area (Å²) < 4.78 is 19.3. The van der Waals surface area contributed by atoms with E-state index < -0.39 is 0 Å². The Morgan fingerprint density at radius 1 is 1.45 bits per heavy atom. The van der Waals surface area contributed by atoms with Gasteiger partial charge < -0.3 is 10.1 Å². The normalized spacial score (nSPS) is 23.8. The van der Waals surface area contributed by atoms with Gasteiger partial charge >= 0.3 is 0 Å². The van der Waals surface area contributed by atoms with E-state index >= 15 is 0 Å². The topological polar surface area (TPSA) is 24.5 Å². The number of piperazine rings is 1. The number of ether oxygens (including phenoxy) is 1. The molecule has 1 N–H and O–H groups in total. The van der Waals surface area contributed by atoms with Crippen LogP contribution in [-0.4, -0.2) is 37.2 Å². The van der Waals surface area contributed by atoms with E-state index in [1.165, 1.54) is 7.11 Å². The molecule has 1 aromatic carbocycles. The maximum absolute atomic E-state index is 14.3. The van der Waals surface area contributed by atoms with Gasteiger partial charge in [0, 0.05) is 37.3 Å². The second-order valence-corrected chi connectivity index (χ2v) is 5.61. The van der Waals surface area contributed by atoms with Crippen molar-refractivity contribution < 1.29 is 9.13 Å². The Hall–Kier alpha value is -1.13. The summed E-state index contributed by atoms with van der Waals surface area (Å²) in [5, 5.41) is 3.51. The first kappa shape index (κ1) is 15.3. The highest BCUT2D eigenvalue weighted by molar-refractivity contribution is 5.31. The van der Waals surface area contributed by atoms with E-state index in [1.807, 2.05) is 12.1 Å². The predicted octanol–water partition coefficient (Wildman–Crippen LogP) is 2.80. The van der Waals surface area contributed by atoms with E-state index in [2.05, 4.69) is 24.1 Å². The van der Waals surface area contributed by atoms with Crippen molar-refractivity contribution >= 4 is 0 Å². The Morgan fingerprint density at radius 3 is 2.95 bits per heavy atom. The SMILES string of the molecule is CCCC1CNC(C)CN1Cc1cccc(OC)c1F. The minimum absolute atomic E-state index is 0.226. The lowest BCUT2D eigenvalue weighted by atomic mass is 10.0. The highest BCUT2D eigenvalue weighted by Gasteiger charge is 2.26. The van der Waals surface area contributed by atoms with Gasteiger partial charge in [0.2, 0.25) is 0 Å². The molecule has 0 spiro atoms. The summed E-state index contributed by atoms with van der Waals surface area (Å²) in [6.07, 6.45) is 2.29. The van der Waals surface area contributed by atoms with Crippen LogP contribution in [0.1, 0.15) is 32.3 Å². The highest BCUT2D eigenvalue weighted by Crippen LogP contribution is 2.23. The van der Waals surface area contributed by atoms with Crippen molar-refractivity contribution in [1.82, 2.24) is 10.2 Å². The van der Waals surface area contributed by atoms with Gasteiger partial charge in [0.25, 0.3) is 0 Å². The summed E-state index contributed by atoms with van der Waals surface area (Å²) in [4.78, 5) is 2.39. The largest absolute Gasteiger partial charge is 0.494 e. The molecule has 0 saturated carbocycles. The van der Waals surface area contributed by atoms with Crippen LogP contribution < -0.4 is 10.1 Å². The van der Waals surface area contributed by atoms with Crippen LogP contribution in [0.15, 0.2) is 18.2 Å². The summed E-state index contributed by atoms with van der Waals surface area (Å²) in [5.74, 6) is 0.106. The van der Waals surface area contributed by atoms with Gasteiger partial charge in [-0.3, -0.25) is 4.90 Å². The number of nitrogens with one attached hydrogen (secondary N) is 1. The second-order valence-electron chi connectivity index (χ2n) is 5.61. The highest BCUT2D eigenvalue weighted by atomic mass is 19.1. The zero-order valence-electron chi connectivity index (χ0n) is 12.7. The van der Waals surface area contributed by atoms with E-state index in [1.54, 1.807) is 6.07 Å². The molecule has 4 heteroatoms. The molecule has 20 heavy (non-hydrogen) atoms. The quantitative estimate of drug-likeness (QED) is 0.897. The number of rotatable bonds is 5. The fraction of sp³-hybridized carbons (Fsp3) is 0.625. The molecule has 0 aromatic heterocycles. The predicted molar refractivity (Wildman–Crippen MR) is 79.5 cm³/mol. The first-order valence-corrected chi connectivity index (χ1v) is 7.44. The lowest BCUT2D eigenvalue weighted by Crippen LogP contribution is -2.54. The lowest BCUT2D eigenvalue weighted by molar-refractivity contribution is 0.118. The number of halogens is 1.